The molecule has 0 unspecified atom stereocenters. The standard InChI is InChI=1S/C13H15F3N2O2/c1-18(2)17-11(13(14,15)16)8-9-4-6-10(7-5-9)12(19)20-3/h4-7H,8H2,1-3H3. The fourth-order valence-electron chi connectivity index (χ4n) is 1.50. The summed E-state index contributed by atoms with van der Waals surface area (Å²) >= 11 is 0. The first-order valence-corrected chi connectivity index (χ1v) is 5.73. The molecule has 20 heavy (non-hydrogen) atoms. The van der Waals surface area contributed by atoms with Gasteiger partial charge in [-0.05, 0) is 17.7 Å². The van der Waals surface area contributed by atoms with Crippen molar-refractivity contribution in [1.29, 1.82) is 0 Å². The van der Waals surface area contributed by atoms with Crippen LogP contribution >= 0.6 is 0 Å². The van der Waals surface area contributed by atoms with Crippen LogP contribution in [0.2, 0.25) is 0 Å². The summed E-state index contributed by atoms with van der Waals surface area (Å²) in [5, 5.41) is 4.55. The van der Waals surface area contributed by atoms with Crippen LogP contribution in [0.15, 0.2) is 29.4 Å². The number of alkyl halides is 3. The maximum Gasteiger partial charge on any atom is 0.431 e. The maximum absolute atomic E-state index is 12.8. The highest BCUT2D eigenvalue weighted by molar-refractivity contribution is 5.92. The predicted octanol–water partition coefficient (Wildman–Crippen LogP) is 2.50. The summed E-state index contributed by atoms with van der Waals surface area (Å²) in [6.07, 6.45) is -4.85. The number of ether oxygens (including phenoxy) is 1. The van der Waals surface area contributed by atoms with E-state index < -0.39 is 17.9 Å². The molecule has 0 N–H and O–H groups in total. The zero-order chi connectivity index (χ0) is 15.3. The third-order valence-electron chi connectivity index (χ3n) is 2.39. The molecule has 0 spiro atoms. The molecule has 0 aliphatic carbocycles. The van der Waals surface area contributed by atoms with Crippen molar-refractivity contribution in [1.82, 2.24) is 5.01 Å². The van der Waals surface area contributed by atoms with Crippen LogP contribution in [0.5, 0.6) is 0 Å². The van der Waals surface area contributed by atoms with E-state index in [1.165, 1.54) is 45.5 Å². The van der Waals surface area contributed by atoms with E-state index in [0.717, 1.165) is 5.01 Å². The van der Waals surface area contributed by atoms with E-state index in [4.69, 9.17) is 0 Å². The molecule has 0 saturated carbocycles. The third-order valence-corrected chi connectivity index (χ3v) is 2.39. The van der Waals surface area contributed by atoms with Crippen molar-refractivity contribution in [2.24, 2.45) is 5.10 Å². The minimum Gasteiger partial charge on any atom is -0.465 e. The van der Waals surface area contributed by atoms with Crippen LogP contribution in [0, 0.1) is 0 Å². The Morgan fingerprint density at radius 2 is 1.80 bits per heavy atom. The fraction of sp³-hybridized carbons (Fsp3) is 0.385. The monoisotopic (exact) mass is 288 g/mol. The normalized spacial score (nSPS) is 12.2. The molecule has 0 fully saturated rings. The van der Waals surface area contributed by atoms with Gasteiger partial charge >= 0.3 is 12.1 Å². The lowest BCUT2D eigenvalue weighted by Gasteiger charge is -2.14. The minimum atomic E-state index is -4.49. The average molecular weight is 288 g/mol. The first-order chi connectivity index (χ1) is 9.24. The Morgan fingerprint density at radius 3 is 2.20 bits per heavy atom. The van der Waals surface area contributed by atoms with Gasteiger partial charge in [0, 0.05) is 20.5 Å². The largest absolute Gasteiger partial charge is 0.465 e. The average Bonchev–Trinajstić information content (AvgIpc) is 2.36. The van der Waals surface area contributed by atoms with Gasteiger partial charge in [-0.2, -0.15) is 18.3 Å². The first-order valence-electron chi connectivity index (χ1n) is 5.73. The van der Waals surface area contributed by atoms with Gasteiger partial charge in [-0.1, -0.05) is 12.1 Å². The van der Waals surface area contributed by atoms with Gasteiger partial charge < -0.3 is 9.75 Å². The highest BCUT2D eigenvalue weighted by Crippen LogP contribution is 2.21. The summed E-state index contributed by atoms with van der Waals surface area (Å²) in [5.74, 6) is -0.533. The van der Waals surface area contributed by atoms with E-state index in [2.05, 4.69) is 9.84 Å². The summed E-state index contributed by atoms with van der Waals surface area (Å²) in [6.45, 7) is 0. The number of esters is 1. The van der Waals surface area contributed by atoms with Crippen molar-refractivity contribution in [3.63, 3.8) is 0 Å². The number of carbonyl (C=O) groups is 1. The smallest absolute Gasteiger partial charge is 0.431 e. The molecule has 0 aromatic heterocycles. The van der Waals surface area contributed by atoms with Crippen LogP contribution in [0.1, 0.15) is 15.9 Å². The van der Waals surface area contributed by atoms with Crippen molar-refractivity contribution >= 4 is 11.7 Å². The Hall–Kier alpha value is -2.05. The molecule has 0 saturated heterocycles. The zero-order valence-electron chi connectivity index (χ0n) is 11.4. The van der Waals surface area contributed by atoms with Crippen LogP contribution in [-0.4, -0.2) is 44.1 Å². The predicted molar refractivity (Wildman–Crippen MR) is 68.7 cm³/mol. The first kappa shape index (κ1) is 16.0. The second-order valence-electron chi connectivity index (χ2n) is 4.26. The Bertz CT molecular complexity index is 493. The molecular formula is C13H15F3N2O2. The Morgan fingerprint density at radius 1 is 1.25 bits per heavy atom. The number of hydrogen-bond donors (Lipinski definition) is 0. The Balaban J connectivity index is 2.93. The van der Waals surface area contributed by atoms with E-state index in [9.17, 15) is 18.0 Å². The fourth-order valence-corrected chi connectivity index (χ4v) is 1.50. The van der Waals surface area contributed by atoms with Crippen LogP contribution in [-0.2, 0) is 11.2 Å². The van der Waals surface area contributed by atoms with Gasteiger partial charge in [-0.25, -0.2) is 4.79 Å². The molecule has 0 bridgehead atoms. The number of methoxy groups -OCH3 is 1. The van der Waals surface area contributed by atoms with Crippen molar-refractivity contribution in [2.45, 2.75) is 12.6 Å². The summed E-state index contributed by atoms with van der Waals surface area (Å²) in [4.78, 5) is 11.2. The van der Waals surface area contributed by atoms with E-state index in [1.807, 2.05) is 0 Å². The summed E-state index contributed by atoms with van der Waals surface area (Å²) < 4.78 is 42.9. The van der Waals surface area contributed by atoms with Crippen LogP contribution in [0.3, 0.4) is 0 Å². The third kappa shape index (κ3) is 4.56. The quantitative estimate of drug-likeness (QED) is 0.485. The number of hydrazone groups is 1. The number of carbonyl (C=O) groups excluding carboxylic acids is 1. The zero-order valence-corrected chi connectivity index (χ0v) is 11.4. The number of benzene rings is 1. The van der Waals surface area contributed by atoms with E-state index in [1.54, 1.807) is 0 Å². The van der Waals surface area contributed by atoms with E-state index >= 15 is 0 Å². The van der Waals surface area contributed by atoms with Crippen LogP contribution < -0.4 is 0 Å². The molecule has 1 rings (SSSR count). The molecule has 0 heterocycles. The van der Waals surface area contributed by atoms with Gasteiger partial charge in [0.15, 0.2) is 0 Å². The summed E-state index contributed by atoms with van der Waals surface area (Å²) in [5.41, 5.74) is -0.196. The summed E-state index contributed by atoms with van der Waals surface area (Å²) in [6, 6.07) is 5.74. The second-order valence-corrected chi connectivity index (χ2v) is 4.26. The molecule has 0 aliphatic heterocycles. The number of hydrogen-bond acceptors (Lipinski definition) is 4. The molecule has 7 heteroatoms. The molecule has 4 nitrogen and oxygen atoms in total. The highest BCUT2D eigenvalue weighted by Gasteiger charge is 2.36. The Labute approximate surface area is 114 Å². The molecule has 0 amide bonds. The van der Waals surface area contributed by atoms with E-state index in [0.29, 0.717) is 5.56 Å². The lowest BCUT2D eigenvalue weighted by atomic mass is 10.1. The molecule has 0 aliphatic rings. The van der Waals surface area contributed by atoms with Crippen molar-refractivity contribution in [3.8, 4) is 0 Å². The SMILES string of the molecule is COC(=O)c1ccc(CC(=NN(C)C)C(F)(F)F)cc1. The van der Waals surface area contributed by atoms with Gasteiger partial charge in [0.1, 0.15) is 5.71 Å². The lowest BCUT2D eigenvalue weighted by molar-refractivity contribution is -0.0613. The number of halogens is 3. The van der Waals surface area contributed by atoms with Crippen molar-refractivity contribution in [3.05, 3.63) is 35.4 Å². The number of rotatable bonds is 4. The highest BCUT2D eigenvalue weighted by atomic mass is 19.4. The van der Waals surface area contributed by atoms with Gasteiger partial charge in [0.05, 0.1) is 12.7 Å². The maximum atomic E-state index is 12.8. The lowest BCUT2D eigenvalue weighted by Crippen LogP contribution is -2.27. The minimum absolute atomic E-state index is 0.286. The molecular weight excluding hydrogens is 273 g/mol. The molecule has 1 aromatic carbocycles. The van der Waals surface area contributed by atoms with Crippen LogP contribution in [0.25, 0.3) is 0 Å². The molecule has 110 valence electrons. The second kappa shape index (κ2) is 6.40. The molecule has 0 radical (unpaired) electrons. The Kier molecular flexibility index (Phi) is 5.12. The van der Waals surface area contributed by atoms with Crippen molar-refractivity contribution in [2.75, 3.05) is 21.2 Å². The van der Waals surface area contributed by atoms with Crippen molar-refractivity contribution < 1.29 is 22.7 Å². The van der Waals surface area contributed by atoms with Gasteiger partial charge in [0.2, 0.25) is 0 Å². The molecule has 0 atom stereocenters. The van der Waals surface area contributed by atoms with Gasteiger partial charge in [-0.15, -0.1) is 0 Å². The topological polar surface area (TPSA) is 41.9 Å². The molecule has 1 aromatic rings. The van der Waals surface area contributed by atoms with Crippen LogP contribution in [0.4, 0.5) is 13.2 Å². The van der Waals surface area contributed by atoms with Gasteiger partial charge in [0.25, 0.3) is 0 Å². The summed E-state index contributed by atoms with van der Waals surface area (Å²) in [7, 11) is 4.08. The van der Waals surface area contributed by atoms with Gasteiger partial charge in [-0.3, -0.25) is 0 Å². The van der Waals surface area contributed by atoms with E-state index in [-0.39, 0.29) is 12.0 Å². The number of nitrogens with zero attached hydrogens (tertiary/aromatic N) is 2.